The van der Waals surface area contributed by atoms with Crippen molar-refractivity contribution in [2.75, 3.05) is 26.2 Å². The topological polar surface area (TPSA) is 82.2 Å². The third-order valence-electron chi connectivity index (χ3n) is 5.50. The van der Waals surface area contributed by atoms with Crippen LogP contribution in [0, 0.1) is 5.82 Å². The van der Waals surface area contributed by atoms with E-state index >= 15 is 0 Å². The lowest BCUT2D eigenvalue weighted by Crippen LogP contribution is -2.48. The van der Waals surface area contributed by atoms with Crippen LogP contribution in [0.25, 0.3) is 21.9 Å². The Kier molecular flexibility index (Phi) is 4.73. The molecule has 0 amide bonds. The number of piperazine rings is 1. The van der Waals surface area contributed by atoms with Gasteiger partial charge in [0, 0.05) is 62.1 Å². The minimum atomic E-state index is -3.62. The molecule has 154 valence electrons. The quantitative estimate of drug-likeness (QED) is 0.544. The first-order chi connectivity index (χ1) is 14.5. The maximum absolute atomic E-state index is 14.0. The molecule has 0 radical (unpaired) electrons. The van der Waals surface area contributed by atoms with E-state index in [2.05, 4.69) is 19.9 Å². The van der Waals surface area contributed by atoms with E-state index in [9.17, 15) is 12.8 Å². The molecule has 4 aromatic rings. The summed E-state index contributed by atoms with van der Waals surface area (Å²) in [4.78, 5) is 13.9. The number of sulfonamides is 1. The molecule has 30 heavy (non-hydrogen) atoms. The molecule has 0 unspecified atom stereocenters. The van der Waals surface area contributed by atoms with Crippen LogP contribution in [-0.2, 0) is 16.6 Å². The van der Waals surface area contributed by atoms with Gasteiger partial charge in [-0.15, -0.1) is 0 Å². The zero-order valence-electron chi connectivity index (χ0n) is 16.1. The van der Waals surface area contributed by atoms with Crippen LogP contribution in [0.2, 0.25) is 0 Å². The summed E-state index contributed by atoms with van der Waals surface area (Å²) in [5, 5.41) is 1.36. The van der Waals surface area contributed by atoms with Gasteiger partial charge in [0.15, 0.2) is 0 Å². The fourth-order valence-corrected chi connectivity index (χ4v) is 5.57. The van der Waals surface area contributed by atoms with Crippen LogP contribution < -0.4 is 0 Å². The molecule has 1 saturated heterocycles. The van der Waals surface area contributed by atoms with Crippen LogP contribution in [0.15, 0.2) is 59.9 Å². The molecule has 0 spiro atoms. The number of nitrogens with one attached hydrogen (secondary N) is 1. The number of pyridine rings is 2. The summed E-state index contributed by atoms with van der Waals surface area (Å²) in [5.41, 5.74) is 2.14. The van der Waals surface area contributed by atoms with Crippen LogP contribution in [0.5, 0.6) is 0 Å². The van der Waals surface area contributed by atoms with Gasteiger partial charge in [0.25, 0.3) is 0 Å². The second-order valence-electron chi connectivity index (χ2n) is 7.37. The molecule has 1 aliphatic heterocycles. The lowest BCUT2D eigenvalue weighted by atomic mass is 10.1. The van der Waals surface area contributed by atoms with Gasteiger partial charge >= 0.3 is 0 Å². The van der Waals surface area contributed by atoms with Crippen LogP contribution in [0.3, 0.4) is 0 Å². The molecule has 1 aromatic carbocycles. The Hall–Kier alpha value is -2.88. The first kappa shape index (κ1) is 19.1. The minimum Gasteiger partial charge on any atom is -0.345 e. The predicted octanol–water partition coefficient (Wildman–Crippen LogP) is 2.76. The van der Waals surface area contributed by atoms with Gasteiger partial charge in [-0.2, -0.15) is 4.31 Å². The molecule has 0 saturated carbocycles. The second-order valence-corrected chi connectivity index (χ2v) is 9.28. The highest BCUT2D eigenvalue weighted by Gasteiger charge is 2.30. The summed E-state index contributed by atoms with van der Waals surface area (Å²) in [6.07, 6.45) is 4.83. The van der Waals surface area contributed by atoms with Crippen LogP contribution >= 0.6 is 0 Å². The molecule has 0 atom stereocenters. The van der Waals surface area contributed by atoms with E-state index in [4.69, 9.17) is 0 Å². The summed E-state index contributed by atoms with van der Waals surface area (Å²) in [6, 6.07) is 10.1. The number of aromatic amines is 1. The normalized spacial score (nSPS) is 16.4. The number of fused-ring (bicyclic) bond motifs is 2. The van der Waals surface area contributed by atoms with Gasteiger partial charge in [-0.25, -0.2) is 17.8 Å². The fraction of sp³-hybridized carbons (Fsp3) is 0.238. The van der Waals surface area contributed by atoms with Crippen LogP contribution in [0.1, 0.15) is 5.56 Å². The summed E-state index contributed by atoms with van der Waals surface area (Å²) >= 11 is 0. The molecule has 3 aromatic heterocycles. The fourth-order valence-electron chi connectivity index (χ4n) is 4.00. The van der Waals surface area contributed by atoms with Crippen molar-refractivity contribution < 1.29 is 12.8 Å². The lowest BCUT2D eigenvalue weighted by Gasteiger charge is -2.34. The second kappa shape index (κ2) is 7.42. The Labute approximate surface area is 173 Å². The van der Waals surface area contributed by atoms with Gasteiger partial charge in [0.1, 0.15) is 16.4 Å². The Bertz CT molecular complexity index is 1330. The third kappa shape index (κ3) is 3.34. The van der Waals surface area contributed by atoms with E-state index in [0.29, 0.717) is 43.8 Å². The number of rotatable bonds is 4. The van der Waals surface area contributed by atoms with E-state index in [1.165, 1.54) is 22.6 Å². The van der Waals surface area contributed by atoms with Gasteiger partial charge in [-0.3, -0.25) is 9.88 Å². The molecule has 0 bridgehead atoms. The highest BCUT2D eigenvalue weighted by molar-refractivity contribution is 7.89. The van der Waals surface area contributed by atoms with Crippen LogP contribution in [-0.4, -0.2) is 58.8 Å². The van der Waals surface area contributed by atoms with Gasteiger partial charge in [0.05, 0.1) is 5.52 Å². The number of nitrogens with zero attached hydrogens (tertiary/aromatic N) is 4. The maximum Gasteiger partial charge on any atom is 0.245 e. The number of halogens is 1. The highest BCUT2D eigenvalue weighted by Crippen LogP contribution is 2.26. The minimum absolute atomic E-state index is 0.249. The Morgan fingerprint density at radius 2 is 1.80 bits per heavy atom. The van der Waals surface area contributed by atoms with Crippen molar-refractivity contribution in [2.45, 2.75) is 11.4 Å². The summed E-state index contributed by atoms with van der Waals surface area (Å²) in [7, 11) is -3.62. The van der Waals surface area contributed by atoms with Crippen molar-refractivity contribution >= 4 is 32.0 Å². The average molecular weight is 425 g/mol. The first-order valence-corrected chi connectivity index (χ1v) is 11.1. The van der Waals surface area contributed by atoms with Gasteiger partial charge in [-0.05, 0) is 35.9 Å². The standard InChI is InChI=1S/C21H20FN5O2S/c22-17-11-15-3-1-5-23-20(15)16(12-17)14-26-7-9-27(10-8-26)30(28,29)19-13-25-21-18(19)4-2-6-24-21/h1-6,11-13H,7-10,14H2,(H,24,25). The molecule has 7 nitrogen and oxygen atoms in total. The third-order valence-corrected chi connectivity index (χ3v) is 7.44. The molecule has 1 aliphatic rings. The molecule has 9 heteroatoms. The summed E-state index contributed by atoms with van der Waals surface area (Å²) in [5.74, 6) is -0.292. The van der Waals surface area contributed by atoms with Crippen molar-refractivity contribution in [3.8, 4) is 0 Å². The lowest BCUT2D eigenvalue weighted by molar-refractivity contribution is 0.182. The van der Waals surface area contributed by atoms with E-state index in [0.717, 1.165) is 16.5 Å². The molecule has 0 aliphatic carbocycles. The number of H-pyrrole nitrogens is 1. The van der Waals surface area contributed by atoms with E-state index < -0.39 is 10.0 Å². The largest absolute Gasteiger partial charge is 0.345 e. The Morgan fingerprint density at radius 1 is 1.03 bits per heavy atom. The molecule has 4 heterocycles. The molecular weight excluding hydrogens is 405 g/mol. The highest BCUT2D eigenvalue weighted by atomic mass is 32.2. The summed E-state index contributed by atoms with van der Waals surface area (Å²) in [6.45, 7) is 2.39. The first-order valence-electron chi connectivity index (χ1n) is 9.70. The number of aromatic nitrogens is 3. The monoisotopic (exact) mass is 425 g/mol. The average Bonchev–Trinajstić information content (AvgIpc) is 3.19. The van der Waals surface area contributed by atoms with Gasteiger partial charge in [-0.1, -0.05) is 6.07 Å². The molecule has 5 rings (SSSR count). The smallest absolute Gasteiger partial charge is 0.245 e. The Morgan fingerprint density at radius 3 is 2.63 bits per heavy atom. The van der Waals surface area contributed by atoms with Gasteiger partial charge in [0.2, 0.25) is 10.0 Å². The van der Waals surface area contributed by atoms with Crippen molar-refractivity contribution in [1.29, 1.82) is 0 Å². The molecular formula is C21H20FN5O2S. The molecule has 1 N–H and O–H groups in total. The Balaban J connectivity index is 1.33. The van der Waals surface area contributed by atoms with Crippen molar-refractivity contribution in [3.63, 3.8) is 0 Å². The number of benzene rings is 1. The zero-order chi connectivity index (χ0) is 20.7. The van der Waals surface area contributed by atoms with E-state index in [1.54, 1.807) is 30.6 Å². The predicted molar refractivity (Wildman–Crippen MR) is 112 cm³/mol. The van der Waals surface area contributed by atoms with Crippen molar-refractivity contribution in [1.82, 2.24) is 24.2 Å². The summed E-state index contributed by atoms with van der Waals surface area (Å²) < 4.78 is 41.8. The van der Waals surface area contributed by atoms with Crippen LogP contribution in [0.4, 0.5) is 4.39 Å². The zero-order valence-corrected chi connectivity index (χ0v) is 16.9. The SMILES string of the molecule is O=S(=O)(c1c[nH]c2ncccc12)N1CCN(Cc2cc(F)cc3cccnc23)CC1. The number of hydrogen-bond acceptors (Lipinski definition) is 5. The van der Waals surface area contributed by atoms with Gasteiger partial charge < -0.3 is 4.98 Å². The van der Waals surface area contributed by atoms with E-state index in [1.807, 2.05) is 6.07 Å². The van der Waals surface area contributed by atoms with E-state index in [-0.39, 0.29) is 10.7 Å². The van der Waals surface area contributed by atoms with Crippen molar-refractivity contribution in [3.05, 3.63) is 66.4 Å². The molecule has 1 fully saturated rings. The maximum atomic E-state index is 14.0. The van der Waals surface area contributed by atoms with Crippen molar-refractivity contribution in [2.24, 2.45) is 0 Å². The number of hydrogen-bond donors (Lipinski definition) is 1.